The van der Waals surface area contributed by atoms with Crippen LogP contribution in [0.5, 0.6) is 11.5 Å². The second-order valence-corrected chi connectivity index (χ2v) is 6.96. The van der Waals surface area contributed by atoms with Gasteiger partial charge in [-0.15, -0.1) is 0 Å². The molecule has 2 aliphatic rings. The first-order chi connectivity index (χ1) is 10.3. The summed E-state index contributed by atoms with van der Waals surface area (Å²) in [6, 6.07) is 6.53. The molecule has 2 aliphatic heterocycles. The molecule has 4 nitrogen and oxygen atoms in total. The highest BCUT2D eigenvalue weighted by atomic mass is 32.2. The predicted molar refractivity (Wildman–Crippen MR) is 87.3 cm³/mol. The number of ether oxygens (including phenoxy) is 2. The summed E-state index contributed by atoms with van der Waals surface area (Å²) < 4.78 is 11.3. The summed E-state index contributed by atoms with van der Waals surface area (Å²) in [5.74, 6) is 2.90. The molecule has 2 N–H and O–H groups in total. The summed E-state index contributed by atoms with van der Waals surface area (Å²) in [5.41, 5.74) is 7.32. The lowest BCUT2D eigenvalue weighted by atomic mass is 10.0. The SMILES string of the molecule is CCC1CN(C(CN)c2ccc3c(c2)OCCO3)CCS1. The molecule has 0 aromatic heterocycles. The molecule has 1 aromatic carbocycles. The maximum atomic E-state index is 6.08. The molecule has 0 aliphatic carbocycles. The summed E-state index contributed by atoms with van der Waals surface area (Å²) in [4.78, 5) is 2.52. The van der Waals surface area contributed by atoms with Gasteiger partial charge < -0.3 is 15.2 Å². The molecule has 3 rings (SSSR count). The highest BCUT2D eigenvalue weighted by molar-refractivity contribution is 8.00. The fourth-order valence-corrected chi connectivity index (χ4v) is 4.24. The van der Waals surface area contributed by atoms with Gasteiger partial charge in [-0.1, -0.05) is 13.0 Å². The highest BCUT2D eigenvalue weighted by Gasteiger charge is 2.26. The molecule has 1 fully saturated rings. The van der Waals surface area contributed by atoms with Crippen LogP contribution in [0.2, 0.25) is 0 Å². The van der Waals surface area contributed by atoms with Gasteiger partial charge in [0, 0.05) is 36.7 Å². The van der Waals surface area contributed by atoms with Crippen molar-refractivity contribution < 1.29 is 9.47 Å². The van der Waals surface area contributed by atoms with Gasteiger partial charge in [-0.05, 0) is 24.1 Å². The van der Waals surface area contributed by atoms with E-state index in [1.54, 1.807) is 0 Å². The Labute approximate surface area is 131 Å². The Hall–Kier alpha value is -0.910. The molecule has 0 bridgehead atoms. The third-order valence-electron chi connectivity index (χ3n) is 4.24. The number of thioether (sulfide) groups is 1. The molecule has 0 radical (unpaired) electrons. The second-order valence-electron chi connectivity index (χ2n) is 5.55. The summed E-state index contributed by atoms with van der Waals surface area (Å²) in [6.45, 7) is 6.40. The Morgan fingerprint density at radius 1 is 1.33 bits per heavy atom. The third kappa shape index (κ3) is 3.30. The van der Waals surface area contributed by atoms with E-state index in [1.165, 1.54) is 17.7 Å². The summed E-state index contributed by atoms with van der Waals surface area (Å²) in [7, 11) is 0. The molecule has 2 atom stereocenters. The van der Waals surface area contributed by atoms with Gasteiger partial charge in [-0.3, -0.25) is 4.90 Å². The van der Waals surface area contributed by atoms with E-state index in [0.717, 1.165) is 29.8 Å². The Balaban J connectivity index is 1.79. The first-order valence-corrected chi connectivity index (χ1v) is 8.82. The molecule has 5 heteroatoms. The van der Waals surface area contributed by atoms with Gasteiger partial charge in [0.05, 0.1) is 0 Å². The van der Waals surface area contributed by atoms with Crippen LogP contribution in [0.3, 0.4) is 0 Å². The number of rotatable bonds is 4. The fraction of sp³-hybridized carbons (Fsp3) is 0.625. The van der Waals surface area contributed by atoms with Crippen molar-refractivity contribution in [1.82, 2.24) is 4.90 Å². The van der Waals surface area contributed by atoms with E-state index in [1.807, 2.05) is 6.07 Å². The minimum absolute atomic E-state index is 0.274. The lowest BCUT2D eigenvalue weighted by molar-refractivity contribution is 0.169. The van der Waals surface area contributed by atoms with Crippen LogP contribution < -0.4 is 15.2 Å². The minimum atomic E-state index is 0.274. The second kappa shape index (κ2) is 6.90. The van der Waals surface area contributed by atoms with E-state index >= 15 is 0 Å². The van der Waals surface area contributed by atoms with Gasteiger partial charge in [0.1, 0.15) is 13.2 Å². The standard InChI is InChI=1S/C16H24N2O2S/c1-2-13-11-18(5-8-21-13)14(10-17)12-3-4-15-16(9-12)20-7-6-19-15/h3-4,9,13-14H,2,5-8,10-11,17H2,1H3. The number of nitrogens with zero attached hydrogens (tertiary/aromatic N) is 1. The van der Waals surface area contributed by atoms with Gasteiger partial charge >= 0.3 is 0 Å². The van der Waals surface area contributed by atoms with Gasteiger partial charge in [-0.25, -0.2) is 0 Å². The Morgan fingerprint density at radius 2 is 2.14 bits per heavy atom. The third-order valence-corrected chi connectivity index (χ3v) is 5.61. The smallest absolute Gasteiger partial charge is 0.161 e. The van der Waals surface area contributed by atoms with Crippen LogP contribution in [-0.4, -0.2) is 48.8 Å². The maximum Gasteiger partial charge on any atom is 0.161 e. The van der Waals surface area contributed by atoms with E-state index in [-0.39, 0.29) is 6.04 Å². The van der Waals surface area contributed by atoms with Crippen LogP contribution in [-0.2, 0) is 0 Å². The molecule has 1 aromatic rings. The molecule has 116 valence electrons. The molecule has 2 unspecified atom stereocenters. The minimum Gasteiger partial charge on any atom is -0.486 e. The normalized spacial score (nSPS) is 23.8. The number of nitrogens with two attached hydrogens (primary N) is 1. The van der Waals surface area contributed by atoms with Crippen molar-refractivity contribution in [2.45, 2.75) is 24.6 Å². The van der Waals surface area contributed by atoms with E-state index < -0.39 is 0 Å². The summed E-state index contributed by atoms with van der Waals surface area (Å²) in [5, 5.41) is 0.727. The quantitative estimate of drug-likeness (QED) is 0.925. The zero-order chi connectivity index (χ0) is 14.7. The van der Waals surface area contributed by atoms with Gasteiger partial charge in [-0.2, -0.15) is 11.8 Å². The molecular weight excluding hydrogens is 284 g/mol. The summed E-state index contributed by atoms with van der Waals surface area (Å²) >= 11 is 2.09. The Bertz CT molecular complexity index is 483. The number of fused-ring (bicyclic) bond motifs is 1. The molecular formula is C16H24N2O2S. The number of hydrogen-bond donors (Lipinski definition) is 1. The van der Waals surface area contributed by atoms with Gasteiger partial charge in [0.15, 0.2) is 11.5 Å². The molecule has 0 saturated carbocycles. The van der Waals surface area contributed by atoms with Crippen LogP contribution in [0.15, 0.2) is 18.2 Å². The van der Waals surface area contributed by atoms with E-state index in [0.29, 0.717) is 19.8 Å². The largest absolute Gasteiger partial charge is 0.486 e. The average Bonchev–Trinajstić information content (AvgIpc) is 2.56. The lowest BCUT2D eigenvalue weighted by Crippen LogP contribution is -2.42. The zero-order valence-electron chi connectivity index (χ0n) is 12.6. The topological polar surface area (TPSA) is 47.7 Å². The van der Waals surface area contributed by atoms with E-state index in [2.05, 4.69) is 35.7 Å². The maximum absolute atomic E-state index is 6.08. The lowest BCUT2D eigenvalue weighted by Gasteiger charge is -2.37. The number of hydrogen-bond acceptors (Lipinski definition) is 5. The van der Waals surface area contributed by atoms with Crippen molar-refractivity contribution in [2.75, 3.05) is 38.6 Å². The predicted octanol–water partition coefficient (Wildman–Crippen LogP) is 2.29. The first kappa shape index (κ1) is 15.0. The Morgan fingerprint density at radius 3 is 2.90 bits per heavy atom. The number of benzene rings is 1. The van der Waals surface area contributed by atoms with Crippen molar-refractivity contribution >= 4 is 11.8 Å². The monoisotopic (exact) mass is 308 g/mol. The van der Waals surface area contributed by atoms with Crippen LogP contribution in [0.25, 0.3) is 0 Å². The van der Waals surface area contributed by atoms with Crippen LogP contribution in [0, 0.1) is 0 Å². The van der Waals surface area contributed by atoms with Crippen molar-refractivity contribution in [3.05, 3.63) is 23.8 Å². The Kier molecular flexibility index (Phi) is 4.93. The van der Waals surface area contributed by atoms with Crippen LogP contribution >= 0.6 is 11.8 Å². The molecule has 0 spiro atoms. The molecule has 2 heterocycles. The van der Waals surface area contributed by atoms with Crippen molar-refractivity contribution in [2.24, 2.45) is 5.73 Å². The summed E-state index contributed by atoms with van der Waals surface area (Å²) in [6.07, 6.45) is 1.22. The van der Waals surface area contributed by atoms with Crippen molar-refractivity contribution in [1.29, 1.82) is 0 Å². The fourth-order valence-electron chi connectivity index (χ4n) is 3.04. The van der Waals surface area contributed by atoms with Crippen LogP contribution in [0.4, 0.5) is 0 Å². The molecule has 0 amide bonds. The van der Waals surface area contributed by atoms with Gasteiger partial charge in [0.2, 0.25) is 0 Å². The first-order valence-electron chi connectivity index (χ1n) is 7.77. The average molecular weight is 308 g/mol. The zero-order valence-corrected chi connectivity index (χ0v) is 13.4. The van der Waals surface area contributed by atoms with E-state index in [9.17, 15) is 0 Å². The van der Waals surface area contributed by atoms with E-state index in [4.69, 9.17) is 15.2 Å². The molecule has 21 heavy (non-hydrogen) atoms. The van der Waals surface area contributed by atoms with Crippen molar-refractivity contribution in [3.8, 4) is 11.5 Å². The molecule has 1 saturated heterocycles. The van der Waals surface area contributed by atoms with Crippen LogP contribution in [0.1, 0.15) is 24.9 Å². The van der Waals surface area contributed by atoms with Gasteiger partial charge in [0.25, 0.3) is 0 Å². The highest BCUT2D eigenvalue weighted by Crippen LogP contribution is 2.35. The van der Waals surface area contributed by atoms with Crippen molar-refractivity contribution in [3.63, 3.8) is 0 Å².